The number of amides is 1. The molecular weight excluding hydrogens is 309 g/mol. The smallest absolute Gasteiger partial charge is 0.352 e. The third-order valence-electron chi connectivity index (χ3n) is 3.52. The van der Waals surface area contributed by atoms with Crippen LogP contribution in [0, 0.1) is 0 Å². The lowest BCUT2D eigenvalue weighted by molar-refractivity contribution is -0.138. The van der Waals surface area contributed by atoms with Crippen LogP contribution in [0.1, 0.15) is 51.5 Å². The van der Waals surface area contributed by atoms with Crippen LogP contribution in [-0.2, 0) is 17.5 Å². The van der Waals surface area contributed by atoms with Gasteiger partial charge in [-0.2, -0.15) is 13.2 Å². The van der Waals surface area contributed by atoms with Crippen molar-refractivity contribution in [3.05, 3.63) is 34.2 Å². The highest BCUT2D eigenvalue weighted by molar-refractivity contribution is 5.76. The number of nitrogens with zero attached hydrogens (tertiary/aromatic N) is 1. The van der Waals surface area contributed by atoms with Gasteiger partial charge in [0.1, 0.15) is 6.54 Å². The third kappa shape index (κ3) is 6.88. The predicted octanol–water partition coefficient (Wildman–Crippen LogP) is 3.34. The highest BCUT2D eigenvalue weighted by Gasteiger charge is 2.31. The fourth-order valence-corrected chi connectivity index (χ4v) is 2.25. The molecule has 0 aliphatic carbocycles. The lowest BCUT2D eigenvalue weighted by Crippen LogP contribution is -2.37. The van der Waals surface area contributed by atoms with Crippen LogP contribution in [-0.4, -0.2) is 16.5 Å². The third-order valence-corrected chi connectivity index (χ3v) is 3.52. The molecule has 0 aliphatic heterocycles. The van der Waals surface area contributed by atoms with Crippen molar-refractivity contribution in [2.45, 2.75) is 64.7 Å². The maximum Gasteiger partial charge on any atom is 0.417 e. The number of unbranched alkanes of at least 4 members (excludes halogenated alkanes) is 3. The normalized spacial score (nSPS) is 12.9. The Bertz CT molecular complexity index is 567. The number of hydrogen-bond acceptors (Lipinski definition) is 2. The average Bonchev–Trinajstić information content (AvgIpc) is 2.44. The number of rotatable bonds is 8. The monoisotopic (exact) mass is 332 g/mol. The van der Waals surface area contributed by atoms with Gasteiger partial charge in [-0.3, -0.25) is 9.59 Å². The Labute approximate surface area is 133 Å². The van der Waals surface area contributed by atoms with Crippen molar-refractivity contribution in [2.24, 2.45) is 0 Å². The van der Waals surface area contributed by atoms with E-state index >= 15 is 0 Å². The van der Waals surface area contributed by atoms with E-state index in [2.05, 4.69) is 12.2 Å². The van der Waals surface area contributed by atoms with E-state index in [9.17, 15) is 22.8 Å². The van der Waals surface area contributed by atoms with E-state index < -0.39 is 29.8 Å². The maximum atomic E-state index is 12.6. The lowest BCUT2D eigenvalue weighted by Gasteiger charge is -2.15. The zero-order valence-electron chi connectivity index (χ0n) is 13.4. The summed E-state index contributed by atoms with van der Waals surface area (Å²) < 4.78 is 38.7. The SMILES string of the molecule is CCCCCCC(C)NC(=O)Cn1cc(C(F)(F)F)ccc1=O. The minimum atomic E-state index is -4.54. The quantitative estimate of drug-likeness (QED) is 0.742. The summed E-state index contributed by atoms with van der Waals surface area (Å²) in [5.74, 6) is -0.464. The molecule has 0 radical (unpaired) electrons. The molecule has 4 nitrogen and oxygen atoms in total. The van der Waals surface area contributed by atoms with Crippen LogP contribution in [0.15, 0.2) is 23.1 Å². The molecule has 0 saturated carbocycles. The van der Waals surface area contributed by atoms with Crippen LogP contribution in [0.25, 0.3) is 0 Å². The van der Waals surface area contributed by atoms with Gasteiger partial charge in [-0.05, 0) is 19.4 Å². The summed E-state index contributed by atoms with van der Waals surface area (Å²) in [5, 5.41) is 2.71. The number of carbonyl (C=O) groups excluding carboxylic acids is 1. The topological polar surface area (TPSA) is 51.1 Å². The molecule has 0 aliphatic rings. The van der Waals surface area contributed by atoms with E-state index in [1.165, 1.54) is 0 Å². The molecule has 23 heavy (non-hydrogen) atoms. The van der Waals surface area contributed by atoms with Crippen LogP contribution < -0.4 is 10.9 Å². The van der Waals surface area contributed by atoms with Crippen molar-refractivity contribution >= 4 is 5.91 Å². The Hall–Kier alpha value is -1.79. The molecule has 1 rings (SSSR count). The van der Waals surface area contributed by atoms with Crippen LogP contribution in [0.3, 0.4) is 0 Å². The first-order valence-electron chi connectivity index (χ1n) is 7.81. The number of nitrogens with one attached hydrogen (secondary N) is 1. The van der Waals surface area contributed by atoms with E-state index in [-0.39, 0.29) is 6.04 Å². The first kappa shape index (κ1) is 19.3. The molecule has 1 unspecified atom stereocenters. The summed E-state index contributed by atoms with van der Waals surface area (Å²) in [6.45, 7) is 3.54. The van der Waals surface area contributed by atoms with Crippen LogP contribution in [0.4, 0.5) is 13.2 Å². The van der Waals surface area contributed by atoms with Crippen molar-refractivity contribution in [3.63, 3.8) is 0 Å². The maximum absolute atomic E-state index is 12.6. The lowest BCUT2D eigenvalue weighted by atomic mass is 10.1. The summed E-state index contributed by atoms with van der Waals surface area (Å²) in [7, 11) is 0. The van der Waals surface area contributed by atoms with Crippen molar-refractivity contribution in [2.75, 3.05) is 0 Å². The van der Waals surface area contributed by atoms with E-state index in [1.807, 2.05) is 6.92 Å². The Balaban J connectivity index is 2.58. The number of halogens is 3. The standard InChI is InChI=1S/C16H23F3N2O2/c1-3-4-5-6-7-12(2)20-14(22)11-21-10-13(16(17,18)19)8-9-15(21)23/h8-10,12H,3-7,11H2,1-2H3,(H,20,22). The van der Waals surface area contributed by atoms with E-state index in [0.29, 0.717) is 12.3 Å². The summed E-state index contributed by atoms with van der Waals surface area (Å²) in [6, 6.07) is 1.47. The number of hydrogen-bond donors (Lipinski definition) is 1. The van der Waals surface area contributed by atoms with Gasteiger partial charge in [0.2, 0.25) is 5.91 Å². The largest absolute Gasteiger partial charge is 0.417 e. The van der Waals surface area contributed by atoms with Crippen molar-refractivity contribution in [3.8, 4) is 0 Å². The van der Waals surface area contributed by atoms with Gasteiger partial charge in [-0.25, -0.2) is 0 Å². The Kier molecular flexibility index (Phi) is 7.32. The predicted molar refractivity (Wildman–Crippen MR) is 82.1 cm³/mol. The van der Waals surface area contributed by atoms with Crippen LogP contribution >= 0.6 is 0 Å². The van der Waals surface area contributed by atoms with Gasteiger partial charge in [0.25, 0.3) is 5.56 Å². The number of pyridine rings is 1. The van der Waals surface area contributed by atoms with E-state index in [4.69, 9.17) is 0 Å². The van der Waals surface area contributed by atoms with Gasteiger partial charge in [0.05, 0.1) is 5.56 Å². The van der Waals surface area contributed by atoms with Gasteiger partial charge in [-0.15, -0.1) is 0 Å². The van der Waals surface area contributed by atoms with E-state index in [1.54, 1.807) is 0 Å². The van der Waals surface area contributed by atoms with Gasteiger partial charge >= 0.3 is 6.18 Å². The summed E-state index contributed by atoms with van der Waals surface area (Å²) in [6.07, 6.45) is 1.28. The fraction of sp³-hybridized carbons (Fsp3) is 0.625. The molecular formula is C16H23F3N2O2. The van der Waals surface area contributed by atoms with Crippen molar-refractivity contribution in [1.82, 2.24) is 9.88 Å². The average molecular weight is 332 g/mol. The van der Waals surface area contributed by atoms with Crippen LogP contribution in [0.2, 0.25) is 0 Å². The van der Waals surface area contributed by atoms with Crippen molar-refractivity contribution in [1.29, 1.82) is 0 Å². The zero-order valence-corrected chi connectivity index (χ0v) is 13.4. The number of aromatic nitrogens is 1. The van der Waals surface area contributed by atoms with Gasteiger partial charge < -0.3 is 9.88 Å². The van der Waals surface area contributed by atoms with Crippen molar-refractivity contribution < 1.29 is 18.0 Å². The Morgan fingerprint density at radius 1 is 1.26 bits per heavy atom. The molecule has 1 amide bonds. The molecule has 130 valence electrons. The summed E-state index contributed by atoms with van der Waals surface area (Å²) in [4.78, 5) is 23.5. The summed E-state index contributed by atoms with van der Waals surface area (Å²) in [5.41, 5.74) is -1.58. The fourth-order valence-electron chi connectivity index (χ4n) is 2.25. The zero-order chi connectivity index (χ0) is 17.5. The molecule has 1 aromatic heterocycles. The minimum Gasteiger partial charge on any atom is -0.352 e. The molecule has 1 N–H and O–H groups in total. The molecule has 0 fully saturated rings. The molecule has 0 bridgehead atoms. The molecule has 7 heteroatoms. The summed E-state index contributed by atoms with van der Waals surface area (Å²) >= 11 is 0. The Morgan fingerprint density at radius 2 is 1.96 bits per heavy atom. The number of alkyl halides is 3. The Morgan fingerprint density at radius 3 is 2.57 bits per heavy atom. The number of carbonyl (C=O) groups is 1. The molecule has 1 heterocycles. The second kappa shape index (κ2) is 8.74. The van der Waals surface area contributed by atoms with Gasteiger partial charge in [-0.1, -0.05) is 32.6 Å². The molecule has 0 spiro atoms. The molecule has 0 aromatic carbocycles. The first-order chi connectivity index (χ1) is 10.7. The highest BCUT2D eigenvalue weighted by Crippen LogP contribution is 2.27. The minimum absolute atomic E-state index is 0.0687. The second-order valence-electron chi connectivity index (χ2n) is 5.70. The van der Waals surface area contributed by atoms with Gasteiger partial charge in [0.15, 0.2) is 0 Å². The van der Waals surface area contributed by atoms with E-state index in [0.717, 1.165) is 42.7 Å². The molecule has 1 aromatic rings. The highest BCUT2D eigenvalue weighted by atomic mass is 19.4. The van der Waals surface area contributed by atoms with Gasteiger partial charge in [0, 0.05) is 18.3 Å². The van der Waals surface area contributed by atoms with Crippen LogP contribution in [0.5, 0.6) is 0 Å². The molecule has 0 saturated heterocycles. The first-order valence-corrected chi connectivity index (χ1v) is 7.81. The second-order valence-corrected chi connectivity index (χ2v) is 5.70. The molecule has 1 atom stereocenters.